The van der Waals surface area contributed by atoms with Gasteiger partial charge in [-0.05, 0) is 6.07 Å². The Morgan fingerprint density at radius 1 is 1.56 bits per heavy atom. The van der Waals surface area contributed by atoms with Gasteiger partial charge in [-0.2, -0.15) is 0 Å². The number of alkyl halides is 3. The maximum absolute atomic E-state index is 13.3. The van der Waals surface area contributed by atoms with E-state index in [2.05, 4.69) is 20.9 Å². The van der Waals surface area contributed by atoms with Gasteiger partial charge in [0.2, 0.25) is 0 Å². The first kappa shape index (κ1) is 13.0. The third-order valence-electron chi connectivity index (χ3n) is 1.81. The van der Waals surface area contributed by atoms with Gasteiger partial charge in [-0.15, -0.1) is 0 Å². The van der Waals surface area contributed by atoms with E-state index in [1.807, 2.05) is 0 Å². The number of hydrogen-bond acceptors (Lipinski definition) is 2. The number of hydrogen-bond donors (Lipinski definition) is 1. The first-order valence-electron chi connectivity index (χ1n) is 4.19. The summed E-state index contributed by atoms with van der Waals surface area (Å²) < 4.78 is 38.2. The molecule has 0 atom stereocenters. The van der Waals surface area contributed by atoms with E-state index in [1.54, 1.807) is 0 Å². The maximum atomic E-state index is 13.3. The Morgan fingerprint density at radius 2 is 2.19 bits per heavy atom. The Hall–Kier alpha value is -1.11. The highest BCUT2D eigenvalue weighted by atomic mass is 79.9. The molecule has 1 N–H and O–H groups in total. The van der Waals surface area contributed by atoms with E-state index in [0.717, 1.165) is 6.07 Å². The smallest absolute Gasteiger partial charge is 0.309 e. The van der Waals surface area contributed by atoms with E-state index in [4.69, 9.17) is 5.11 Å². The van der Waals surface area contributed by atoms with E-state index in [0.29, 0.717) is 0 Å². The van der Waals surface area contributed by atoms with Gasteiger partial charge < -0.3 is 5.11 Å². The van der Waals surface area contributed by atoms with Gasteiger partial charge in [0.05, 0.1) is 23.4 Å². The van der Waals surface area contributed by atoms with Crippen molar-refractivity contribution in [2.45, 2.75) is 18.2 Å². The topological polar surface area (TPSA) is 50.2 Å². The standard InChI is InChI=1S/C9H7BrF3NO2/c10-3-4-1-5(11)8(9(12)13)6(14-4)2-7(15)16/h1,9H,2-3H2,(H,15,16). The maximum Gasteiger partial charge on any atom is 0.309 e. The lowest BCUT2D eigenvalue weighted by Crippen LogP contribution is -2.10. The van der Waals surface area contributed by atoms with Crippen LogP contribution in [-0.2, 0) is 16.5 Å². The molecular weight excluding hydrogens is 291 g/mol. The van der Waals surface area contributed by atoms with E-state index < -0.39 is 35.9 Å². The Morgan fingerprint density at radius 3 is 2.62 bits per heavy atom. The highest BCUT2D eigenvalue weighted by Crippen LogP contribution is 2.26. The summed E-state index contributed by atoms with van der Waals surface area (Å²) in [5.74, 6) is -2.46. The van der Waals surface area contributed by atoms with Gasteiger partial charge in [0, 0.05) is 5.33 Å². The molecule has 0 radical (unpaired) electrons. The van der Waals surface area contributed by atoms with Crippen LogP contribution in [0, 0.1) is 5.82 Å². The molecule has 0 aliphatic carbocycles. The number of halogens is 4. The monoisotopic (exact) mass is 297 g/mol. The number of aromatic nitrogens is 1. The van der Waals surface area contributed by atoms with E-state index >= 15 is 0 Å². The van der Waals surface area contributed by atoms with Gasteiger partial charge in [0.25, 0.3) is 6.43 Å². The van der Waals surface area contributed by atoms with E-state index in [9.17, 15) is 18.0 Å². The number of carboxylic acid groups (broad SMARTS) is 1. The molecule has 88 valence electrons. The van der Waals surface area contributed by atoms with Crippen LogP contribution in [-0.4, -0.2) is 16.1 Å². The summed E-state index contributed by atoms with van der Waals surface area (Å²) in [6.07, 6.45) is -3.80. The Kier molecular flexibility index (Phi) is 4.28. The van der Waals surface area contributed by atoms with Crippen molar-refractivity contribution in [2.24, 2.45) is 0 Å². The summed E-state index contributed by atoms with van der Waals surface area (Å²) in [4.78, 5) is 14.1. The normalized spacial score (nSPS) is 10.8. The summed E-state index contributed by atoms with van der Waals surface area (Å²) in [6.45, 7) is 0. The van der Waals surface area contributed by atoms with E-state index in [1.165, 1.54) is 0 Å². The number of carbonyl (C=O) groups is 1. The van der Waals surface area contributed by atoms with Crippen molar-refractivity contribution in [3.8, 4) is 0 Å². The Labute approximate surface area is 97.4 Å². The van der Waals surface area contributed by atoms with Crippen LogP contribution in [0.5, 0.6) is 0 Å². The van der Waals surface area contributed by atoms with Crippen LogP contribution in [0.3, 0.4) is 0 Å². The zero-order valence-corrected chi connectivity index (χ0v) is 9.47. The predicted molar refractivity (Wildman–Crippen MR) is 53.1 cm³/mol. The van der Waals surface area contributed by atoms with Crippen molar-refractivity contribution >= 4 is 21.9 Å². The van der Waals surface area contributed by atoms with Gasteiger partial charge in [-0.1, -0.05) is 15.9 Å². The van der Waals surface area contributed by atoms with Gasteiger partial charge in [0.15, 0.2) is 0 Å². The molecule has 1 aromatic rings. The van der Waals surface area contributed by atoms with Crippen LogP contribution in [0.4, 0.5) is 13.2 Å². The molecule has 1 heterocycles. The first-order chi connectivity index (χ1) is 7.45. The molecule has 7 heteroatoms. The zero-order valence-electron chi connectivity index (χ0n) is 7.88. The predicted octanol–water partition coefficient (Wildman–Crippen LogP) is 2.68. The van der Waals surface area contributed by atoms with Crippen molar-refractivity contribution < 1.29 is 23.1 Å². The van der Waals surface area contributed by atoms with Crippen molar-refractivity contribution in [2.75, 3.05) is 0 Å². The average molecular weight is 298 g/mol. The van der Waals surface area contributed by atoms with Gasteiger partial charge >= 0.3 is 5.97 Å². The van der Waals surface area contributed by atoms with Crippen LogP contribution in [0.1, 0.15) is 23.4 Å². The SMILES string of the molecule is O=C(O)Cc1nc(CBr)cc(F)c1C(F)F. The van der Waals surface area contributed by atoms with Crippen molar-refractivity contribution in [1.82, 2.24) is 4.98 Å². The fourth-order valence-corrected chi connectivity index (χ4v) is 1.49. The van der Waals surface area contributed by atoms with Crippen molar-refractivity contribution in [1.29, 1.82) is 0 Å². The molecule has 1 rings (SSSR count). The number of aliphatic carboxylic acids is 1. The fourth-order valence-electron chi connectivity index (χ4n) is 1.20. The molecule has 0 aliphatic heterocycles. The Bertz CT molecular complexity index is 412. The minimum atomic E-state index is -3.08. The fraction of sp³-hybridized carbons (Fsp3) is 0.333. The molecule has 0 aliphatic rings. The van der Waals surface area contributed by atoms with Crippen LogP contribution in [0.2, 0.25) is 0 Å². The molecule has 0 bridgehead atoms. The number of nitrogens with zero attached hydrogens (tertiary/aromatic N) is 1. The molecule has 16 heavy (non-hydrogen) atoms. The summed E-state index contributed by atoms with van der Waals surface area (Å²) in [6, 6.07) is 0.863. The second-order valence-corrected chi connectivity index (χ2v) is 3.52. The summed E-state index contributed by atoms with van der Waals surface area (Å²) in [5, 5.41) is 8.68. The van der Waals surface area contributed by atoms with Gasteiger partial charge in [0.1, 0.15) is 5.82 Å². The zero-order chi connectivity index (χ0) is 12.3. The summed E-state index contributed by atoms with van der Waals surface area (Å²) in [7, 11) is 0. The van der Waals surface area contributed by atoms with Crippen molar-refractivity contribution in [3.05, 3.63) is 28.8 Å². The van der Waals surface area contributed by atoms with Crippen LogP contribution in [0.15, 0.2) is 6.07 Å². The van der Waals surface area contributed by atoms with Crippen LogP contribution >= 0.6 is 15.9 Å². The van der Waals surface area contributed by atoms with Gasteiger partial charge in [-0.25, -0.2) is 13.2 Å². The lowest BCUT2D eigenvalue weighted by molar-refractivity contribution is -0.136. The summed E-state index contributed by atoms with van der Waals surface area (Å²) in [5.41, 5.74) is -1.19. The summed E-state index contributed by atoms with van der Waals surface area (Å²) >= 11 is 2.99. The molecule has 0 spiro atoms. The lowest BCUT2D eigenvalue weighted by atomic mass is 10.1. The number of pyridine rings is 1. The molecule has 3 nitrogen and oxygen atoms in total. The third-order valence-corrected chi connectivity index (χ3v) is 2.39. The first-order valence-corrected chi connectivity index (χ1v) is 5.32. The van der Waals surface area contributed by atoms with E-state index in [-0.39, 0.29) is 11.0 Å². The van der Waals surface area contributed by atoms with Gasteiger partial charge in [-0.3, -0.25) is 9.78 Å². The number of carboxylic acids is 1. The molecule has 0 amide bonds. The minimum Gasteiger partial charge on any atom is -0.481 e. The highest BCUT2D eigenvalue weighted by molar-refractivity contribution is 9.08. The number of rotatable bonds is 4. The molecule has 0 aromatic carbocycles. The molecule has 0 fully saturated rings. The van der Waals surface area contributed by atoms with Crippen LogP contribution in [0.25, 0.3) is 0 Å². The lowest BCUT2D eigenvalue weighted by Gasteiger charge is -2.09. The molecule has 1 aromatic heterocycles. The van der Waals surface area contributed by atoms with Crippen molar-refractivity contribution in [3.63, 3.8) is 0 Å². The second kappa shape index (κ2) is 5.29. The second-order valence-electron chi connectivity index (χ2n) is 2.96. The minimum absolute atomic E-state index is 0.167. The molecule has 0 unspecified atom stereocenters. The highest BCUT2D eigenvalue weighted by Gasteiger charge is 2.22. The molecule has 0 saturated heterocycles. The average Bonchev–Trinajstić information content (AvgIpc) is 2.14. The molecular formula is C9H7BrF3NO2. The third kappa shape index (κ3) is 2.94. The quantitative estimate of drug-likeness (QED) is 0.869. The van der Waals surface area contributed by atoms with Crippen LogP contribution < -0.4 is 0 Å². The molecule has 0 saturated carbocycles. The largest absolute Gasteiger partial charge is 0.481 e. The Balaban J connectivity index is 3.28.